The molecule has 17 heavy (non-hydrogen) atoms. The minimum Gasteiger partial charge on any atom is -0.484 e. The SMILES string of the molecule is COC(=N)CCSCc1cccc([N+](=O)[O-])c1. The topological polar surface area (TPSA) is 76.2 Å². The van der Waals surface area contributed by atoms with Crippen molar-refractivity contribution < 1.29 is 9.66 Å². The molecule has 0 saturated carbocycles. The van der Waals surface area contributed by atoms with Gasteiger partial charge < -0.3 is 4.74 Å². The molecular weight excluding hydrogens is 240 g/mol. The van der Waals surface area contributed by atoms with E-state index >= 15 is 0 Å². The lowest BCUT2D eigenvalue weighted by Crippen LogP contribution is -2.00. The van der Waals surface area contributed by atoms with Gasteiger partial charge in [-0.1, -0.05) is 12.1 Å². The smallest absolute Gasteiger partial charge is 0.269 e. The number of nitrogens with one attached hydrogen (secondary N) is 1. The van der Waals surface area contributed by atoms with Crippen LogP contribution in [-0.4, -0.2) is 23.7 Å². The number of non-ortho nitro benzene ring substituents is 1. The predicted octanol–water partition coefficient (Wildman–Crippen LogP) is 2.84. The van der Waals surface area contributed by atoms with Gasteiger partial charge in [-0.15, -0.1) is 0 Å². The van der Waals surface area contributed by atoms with E-state index in [0.717, 1.165) is 11.3 Å². The van der Waals surface area contributed by atoms with Crippen LogP contribution in [0.1, 0.15) is 12.0 Å². The van der Waals surface area contributed by atoms with Crippen LogP contribution < -0.4 is 0 Å². The maximum Gasteiger partial charge on any atom is 0.269 e. The van der Waals surface area contributed by atoms with E-state index in [0.29, 0.717) is 12.2 Å². The molecule has 0 aromatic heterocycles. The molecule has 0 unspecified atom stereocenters. The van der Waals surface area contributed by atoms with Crippen LogP contribution >= 0.6 is 11.8 Å². The zero-order valence-electron chi connectivity index (χ0n) is 9.51. The summed E-state index contributed by atoms with van der Waals surface area (Å²) >= 11 is 1.63. The van der Waals surface area contributed by atoms with Crippen molar-refractivity contribution in [1.82, 2.24) is 0 Å². The van der Waals surface area contributed by atoms with Crippen LogP contribution in [0.3, 0.4) is 0 Å². The first-order valence-corrected chi connectivity index (χ1v) is 6.21. The van der Waals surface area contributed by atoms with Crippen molar-refractivity contribution in [3.8, 4) is 0 Å². The first-order valence-electron chi connectivity index (χ1n) is 5.06. The molecule has 0 heterocycles. The number of hydrogen-bond donors (Lipinski definition) is 1. The minimum absolute atomic E-state index is 0.118. The van der Waals surface area contributed by atoms with Crippen LogP contribution in [-0.2, 0) is 10.5 Å². The first-order chi connectivity index (χ1) is 8.13. The lowest BCUT2D eigenvalue weighted by molar-refractivity contribution is -0.384. The Morgan fingerprint density at radius 1 is 1.59 bits per heavy atom. The van der Waals surface area contributed by atoms with E-state index in [1.165, 1.54) is 13.2 Å². The first kappa shape index (κ1) is 13.5. The van der Waals surface area contributed by atoms with E-state index in [9.17, 15) is 10.1 Å². The van der Waals surface area contributed by atoms with Gasteiger partial charge in [0.15, 0.2) is 5.90 Å². The third-order valence-electron chi connectivity index (χ3n) is 2.11. The fourth-order valence-corrected chi connectivity index (χ4v) is 2.11. The number of benzene rings is 1. The van der Waals surface area contributed by atoms with Crippen LogP contribution in [0.4, 0.5) is 5.69 Å². The van der Waals surface area contributed by atoms with Crippen LogP contribution in [0.15, 0.2) is 24.3 Å². The van der Waals surface area contributed by atoms with E-state index in [-0.39, 0.29) is 11.6 Å². The van der Waals surface area contributed by atoms with Gasteiger partial charge in [-0.25, -0.2) is 0 Å². The van der Waals surface area contributed by atoms with E-state index < -0.39 is 4.92 Å². The van der Waals surface area contributed by atoms with Crippen molar-refractivity contribution in [1.29, 1.82) is 5.41 Å². The lowest BCUT2D eigenvalue weighted by atomic mass is 10.2. The summed E-state index contributed by atoms with van der Waals surface area (Å²) in [4.78, 5) is 10.2. The Labute approximate surface area is 104 Å². The van der Waals surface area contributed by atoms with Crippen LogP contribution in [0.25, 0.3) is 0 Å². The monoisotopic (exact) mass is 254 g/mol. The van der Waals surface area contributed by atoms with E-state index in [4.69, 9.17) is 10.1 Å². The second-order valence-corrected chi connectivity index (χ2v) is 4.46. The summed E-state index contributed by atoms with van der Waals surface area (Å²) in [5, 5.41) is 17.9. The third kappa shape index (κ3) is 4.86. The fourth-order valence-electron chi connectivity index (χ4n) is 1.22. The van der Waals surface area contributed by atoms with Gasteiger partial charge in [0.05, 0.1) is 12.0 Å². The molecule has 1 rings (SSSR count). The molecule has 92 valence electrons. The number of hydrogen-bond acceptors (Lipinski definition) is 5. The Kier molecular flexibility index (Phi) is 5.48. The van der Waals surface area contributed by atoms with Crippen molar-refractivity contribution in [2.75, 3.05) is 12.9 Å². The second kappa shape index (κ2) is 6.90. The van der Waals surface area contributed by atoms with Gasteiger partial charge in [0.1, 0.15) is 0 Å². The predicted molar refractivity (Wildman–Crippen MR) is 68.6 cm³/mol. The molecule has 0 bridgehead atoms. The van der Waals surface area contributed by atoms with Crippen molar-refractivity contribution in [3.05, 3.63) is 39.9 Å². The molecule has 0 aliphatic heterocycles. The zero-order valence-corrected chi connectivity index (χ0v) is 10.3. The molecule has 0 atom stereocenters. The van der Waals surface area contributed by atoms with Gasteiger partial charge in [-0.05, 0) is 5.56 Å². The number of thioether (sulfide) groups is 1. The van der Waals surface area contributed by atoms with Crippen molar-refractivity contribution in [2.45, 2.75) is 12.2 Å². The highest BCUT2D eigenvalue weighted by Gasteiger charge is 2.05. The number of ether oxygens (including phenoxy) is 1. The van der Waals surface area contributed by atoms with Crippen molar-refractivity contribution in [3.63, 3.8) is 0 Å². The summed E-state index contributed by atoms with van der Waals surface area (Å²) in [7, 11) is 1.48. The van der Waals surface area contributed by atoms with Gasteiger partial charge in [-0.2, -0.15) is 11.8 Å². The summed E-state index contributed by atoms with van der Waals surface area (Å²) in [6, 6.07) is 6.61. The number of nitro groups is 1. The molecule has 1 aromatic carbocycles. The van der Waals surface area contributed by atoms with E-state index in [1.54, 1.807) is 23.9 Å². The van der Waals surface area contributed by atoms with Crippen LogP contribution in [0.5, 0.6) is 0 Å². The number of rotatable bonds is 6. The number of nitro benzene ring substituents is 1. The molecule has 0 amide bonds. The Morgan fingerprint density at radius 3 is 3.00 bits per heavy atom. The average Bonchev–Trinajstić information content (AvgIpc) is 2.34. The molecule has 0 radical (unpaired) electrons. The van der Waals surface area contributed by atoms with E-state index in [2.05, 4.69) is 0 Å². The van der Waals surface area contributed by atoms with Crippen molar-refractivity contribution in [2.24, 2.45) is 0 Å². The highest BCUT2D eigenvalue weighted by molar-refractivity contribution is 7.98. The molecule has 5 nitrogen and oxygen atoms in total. The number of methoxy groups -OCH3 is 1. The molecule has 0 saturated heterocycles. The van der Waals surface area contributed by atoms with Gasteiger partial charge in [0.2, 0.25) is 0 Å². The normalized spacial score (nSPS) is 9.94. The Balaban J connectivity index is 2.39. The second-order valence-electron chi connectivity index (χ2n) is 3.36. The van der Waals surface area contributed by atoms with Gasteiger partial charge in [0, 0.05) is 30.1 Å². The van der Waals surface area contributed by atoms with Crippen molar-refractivity contribution >= 4 is 23.3 Å². The molecule has 1 N–H and O–H groups in total. The summed E-state index contributed by atoms with van der Waals surface area (Å²) in [5.41, 5.74) is 1.04. The Bertz CT molecular complexity index is 409. The molecule has 0 fully saturated rings. The molecule has 0 aliphatic carbocycles. The molecular formula is C11H14N2O3S. The largest absolute Gasteiger partial charge is 0.484 e. The van der Waals surface area contributed by atoms with Crippen LogP contribution in [0, 0.1) is 15.5 Å². The average molecular weight is 254 g/mol. The Hall–Kier alpha value is -1.56. The highest BCUT2D eigenvalue weighted by atomic mass is 32.2. The summed E-state index contributed by atoms with van der Waals surface area (Å²) in [5.74, 6) is 1.74. The molecule has 0 spiro atoms. The zero-order chi connectivity index (χ0) is 12.7. The molecule has 0 aliphatic rings. The maximum absolute atomic E-state index is 10.6. The fraction of sp³-hybridized carbons (Fsp3) is 0.364. The van der Waals surface area contributed by atoms with Crippen LogP contribution in [0.2, 0.25) is 0 Å². The quantitative estimate of drug-likeness (QED) is 0.278. The maximum atomic E-state index is 10.6. The third-order valence-corrected chi connectivity index (χ3v) is 3.14. The molecule has 6 heteroatoms. The van der Waals surface area contributed by atoms with Gasteiger partial charge >= 0.3 is 0 Å². The minimum atomic E-state index is -0.394. The summed E-state index contributed by atoms with van der Waals surface area (Å²) in [6.45, 7) is 0. The standard InChI is InChI=1S/C11H14N2O3S/c1-16-11(12)5-6-17-8-9-3-2-4-10(7-9)13(14)15/h2-4,7,12H,5-6,8H2,1H3. The molecule has 1 aromatic rings. The Morgan fingerprint density at radius 2 is 2.35 bits per heavy atom. The van der Waals surface area contributed by atoms with E-state index in [1.807, 2.05) is 6.07 Å². The van der Waals surface area contributed by atoms with Gasteiger partial charge in [0.25, 0.3) is 5.69 Å². The summed E-state index contributed by atoms with van der Waals surface area (Å²) in [6.07, 6.45) is 0.579. The number of nitrogens with zero attached hydrogens (tertiary/aromatic N) is 1. The van der Waals surface area contributed by atoms with Gasteiger partial charge in [-0.3, -0.25) is 15.5 Å². The lowest BCUT2D eigenvalue weighted by Gasteiger charge is -2.03. The highest BCUT2D eigenvalue weighted by Crippen LogP contribution is 2.18. The summed E-state index contributed by atoms with van der Waals surface area (Å²) < 4.78 is 4.73.